The van der Waals surface area contributed by atoms with Gasteiger partial charge in [0, 0.05) is 12.2 Å². The first-order valence-electron chi connectivity index (χ1n) is 6.81. The molecule has 23 heavy (non-hydrogen) atoms. The lowest BCUT2D eigenvalue weighted by Crippen LogP contribution is -2.34. The van der Waals surface area contributed by atoms with Crippen molar-refractivity contribution >= 4 is 17.4 Å². The van der Waals surface area contributed by atoms with E-state index in [-0.39, 0.29) is 5.75 Å². The van der Waals surface area contributed by atoms with Crippen LogP contribution in [0.25, 0.3) is 0 Å². The molecule has 0 unspecified atom stereocenters. The first-order chi connectivity index (χ1) is 11.0. The highest BCUT2D eigenvalue weighted by Crippen LogP contribution is 2.23. The highest BCUT2D eigenvalue weighted by molar-refractivity contribution is 5.94. The van der Waals surface area contributed by atoms with Crippen molar-refractivity contribution in [3.63, 3.8) is 0 Å². The minimum Gasteiger partial charge on any atom is -0.476 e. The molecule has 0 saturated heterocycles. The summed E-state index contributed by atoms with van der Waals surface area (Å²) in [5, 5.41) is 10.8. The quantitative estimate of drug-likeness (QED) is 0.603. The highest BCUT2D eigenvalue weighted by atomic mass is 19.1. The Morgan fingerprint density at radius 1 is 1.35 bits per heavy atom. The summed E-state index contributed by atoms with van der Waals surface area (Å²) in [5.41, 5.74) is 0.517. The molecule has 1 aromatic carbocycles. The van der Waals surface area contributed by atoms with E-state index >= 15 is 0 Å². The molecule has 2 aromatic rings. The van der Waals surface area contributed by atoms with Crippen molar-refractivity contribution < 1.29 is 18.8 Å². The first-order valence-corrected chi connectivity index (χ1v) is 6.81. The first kappa shape index (κ1) is 16.3. The van der Waals surface area contributed by atoms with Crippen LogP contribution in [0, 0.1) is 15.9 Å². The van der Waals surface area contributed by atoms with Crippen molar-refractivity contribution in [3.05, 3.63) is 58.5 Å². The van der Waals surface area contributed by atoms with E-state index in [4.69, 9.17) is 4.74 Å². The summed E-state index contributed by atoms with van der Waals surface area (Å²) < 4.78 is 18.2. The number of carbonyl (C=O) groups excluding carboxylic acids is 1. The molecule has 0 radical (unpaired) electrons. The van der Waals surface area contributed by atoms with Crippen LogP contribution >= 0.6 is 0 Å². The molecule has 120 valence electrons. The number of amides is 1. The summed E-state index contributed by atoms with van der Waals surface area (Å²) in [6.07, 6.45) is 1.27. The molecule has 0 aliphatic carbocycles. The topological polar surface area (TPSA) is 85.6 Å². The summed E-state index contributed by atoms with van der Waals surface area (Å²) in [6, 6.07) is 8.29. The summed E-state index contributed by atoms with van der Waals surface area (Å²) in [4.78, 5) is 27.4. The second kappa shape index (κ2) is 7.30. The van der Waals surface area contributed by atoms with Crippen molar-refractivity contribution in [3.8, 4) is 5.75 Å². The minimum atomic E-state index is -0.683. The number of ether oxygens (including phenoxy) is 1. The van der Waals surface area contributed by atoms with Gasteiger partial charge >= 0.3 is 5.82 Å². The van der Waals surface area contributed by atoms with Crippen LogP contribution in [0.3, 0.4) is 0 Å². The zero-order chi connectivity index (χ0) is 16.8. The van der Waals surface area contributed by atoms with Crippen molar-refractivity contribution in [2.45, 2.75) is 6.92 Å². The van der Waals surface area contributed by atoms with Gasteiger partial charge in [0.15, 0.2) is 6.61 Å². The molecular weight excluding hydrogens is 305 g/mol. The molecule has 0 fully saturated rings. The Bertz CT molecular complexity index is 706. The van der Waals surface area contributed by atoms with E-state index in [1.807, 2.05) is 0 Å². The van der Waals surface area contributed by atoms with Gasteiger partial charge in [-0.15, -0.1) is 0 Å². The number of aromatic nitrogens is 1. The van der Waals surface area contributed by atoms with Crippen LogP contribution in [0.15, 0.2) is 42.6 Å². The molecule has 0 atom stereocenters. The monoisotopic (exact) mass is 319 g/mol. The molecule has 0 aliphatic rings. The van der Waals surface area contributed by atoms with Crippen LogP contribution in [0.4, 0.5) is 15.9 Å². The number of pyridine rings is 1. The predicted molar refractivity (Wildman–Crippen MR) is 80.8 cm³/mol. The third kappa shape index (κ3) is 4.00. The second-order valence-electron chi connectivity index (χ2n) is 4.49. The van der Waals surface area contributed by atoms with Crippen molar-refractivity contribution in [1.82, 2.24) is 4.98 Å². The predicted octanol–water partition coefficient (Wildman–Crippen LogP) is 2.56. The van der Waals surface area contributed by atoms with E-state index in [1.54, 1.807) is 6.92 Å². The smallest absolute Gasteiger partial charge is 0.406 e. The van der Waals surface area contributed by atoms with E-state index in [9.17, 15) is 19.3 Å². The largest absolute Gasteiger partial charge is 0.476 e. The Balaban J connectivity index is 2.09. The molecular formula is C15H14FN3O4. The summed E-state index contributed by atoms with van der Waals surface area (Å²) in [7, 11) is 0. The van der Waals surface area contributed by atoms with Crippen LogP contribution in [0.2, 0.25) is 0 Å². The normalized spacial score (nSPS) is 10.2. The fourth-order valence-electron chi connectivity index (χ4n) is 1.97. The molecule has 8 heteroatoms. The fraction of sp³-hybridized carbons (Fsp3) is 0.200. The van der Waals surface area contributed by atoms with Crippen LogP contribution in [0.1, 0.15) is 6.92 Å². The number of rotatable bonds is 6. The molecule has 1 amide bonds. The molecule has 7 nitrogen and oxygen atoms in total. The maximum Gasteiger partial charge on any atom is 0.406 e. The molecule has 0 saturated carbocycles. The zero-order valence-corrected chi connectivity index (χ0v) is 12.3. The van der Waals surface area contributed by atoms with Crippen LogP contribution < -0.4 is 9.64 Å². The molecule has 0 spiro atoms. The second-order valence-corrected chi connectivity index (χ2v) is 4.49. The average molecular weight is 319 g/mol. The van der Waals surface area contributed by atoms with Crippen LogP contribution in [-0.4, -0.2) is 29.0 Å². The number of likely N-dealkylation sites (N-methyl/N-ethyl adjacent to an activating group) is 1. The fourth-order valence-corrected chi connectivity index (χ4v) is 1.97. The lowest BCUT2D eigenvalue weighted by Gasteiger charge is -2.21. The van der Waals surface area contributed by atoms with Gasteiger partial charge in [0.25, 0.3) is 5.91 Å². The summed E-state index contributed by atoms with van der Waals surface area (Å²) in [5.74, 6) is -1.34. The number of anilines is 1. The van der Waals surface area contributed by atoms with Crippen molar-refractivity contribution in [2.75, 3.05) is 18.1 Å². The number of nitrogens with zero attached hydrogens (tertiary/aromatic N) is 3. The number of hydrogen-bond donors (Lipinski definition) is 0. The van der Waals surface area contributed by atoms with Gasteiger partial charge < -0.3 is 19.8 Å². The standard InChI is InChI=1S/C15H14FN3O4/c1-2-18(12-7-5-11(16)6-8-12)14(20)10-23-13-4-3-9-17-15(13)19(21)22/h3-9H,2,10H2,1H3. The third-order valence-electron chi connectivity index (χ3n) is 3.03. The van der Waals surface area contributed by atoms with E-state index in [0.29, 0.717) is 12.2 Å². The van der Waals surface area contributed by atoms with Crippen LogP contribution in [0.5, 0.6) is 5.75 Å². The van der Waals surface area contributed by atoms with Gasteiger partial charge in [0.05, 0.1) is 0 Å². The Morgan fingerprint density at radius 2 is 2.04 bits per heavy atom. The molecule has 0 bridgehead atoms. The minimum absolute atomic E-state index is 0.0824. The highest BCUT2D eigenvalue weighted by Gasteiger charge is 2.19. The van der Waals surface area contributed by atoms with Crippen LogP contribution in [-0.2, 0) is 4.79 Å². The lowest BCUT2D eigenvalue weighted by molar-refractivity contribution is -0.390. The van der Waals surface area contributed by atoms with Crippen molar-refractivity contribution in [2.24, 2.45) is 0 Å². The Hall–Kier alpha value is -3.03. The number of hydrogen-bond acceptors (Lipinski definition) is 5. The summed E-state index contributed by atoms with van der Waals surface area (Å²) in [6.45, 7) is 1.72. The Morgan fingerprint density at radius 3 is 2.65 bits per heavy atom. The van der Waals surface area contributed by atoms with Gasteiger partial charge in [0.1, 0.15) is 12.0 Å². The number of carbonyl (C=O) groups is 1. The molecule has 0 N–H and O–H groups in total. The van der Waals surface area contributed by atoms with E-state index < -0.39 is 29.1 Å². The SMILES string of the molecule is CCN(C(=O)COc1cccnc1[N+](=O)[O-])c1ccc(F)cc1. The molecule has 2 rings (SSSR count). The zero-order valence-electron chi connectivity index (χ0n) is 12.3. The van der Waals surface area contributed by atoms with E-state index in [1.165, 1.54) is 47.5 Å². The van der Waals surface area contributed by atoms with Gasteiger partial charge in [-0.2, -0.15) is 0 Å². The average Bonchev–Trinajstić information content (AvgIpc) is 2.55. The number of nitro groups is 1. The molecule has 1 aromatic heterocycles. The van der Waals surface area contributed by atoms with Gasteiger partial charge in [0.2, 0.25) is 5.75 Å². The van der Waals surface area contributed by atoms with Gasteiger partial charge in [-0.25, -0.2) is 4.39 Å². The maximum atomic E-state index is 12.9. The number of halogens is 1. The summed E-state index contributed by atoms with van der Waals surface area (Å²) >= 11 is 0. The van der Waals surface area contributed by atoms with E-state index in [0.717, 1.165) is 0 Å². The van der Waals surface area contributed by atoms with Gasteiger partial charge in [-0.1, -0.05) is 0 Å². The van der Waals surface area contributed by atoms with Crippen molar-refractivity contribution in [1.29, 1.82) is 0 Å². The maximum absolute atomic E-state index is 12.9. The third-order valence-corrected chi connectivity index (χ3v) is 3.03. The van der Waals surface area contributed by atoms with Gasteiger partial charge in [-0.05, 0) is 53.2 Å². The molecule has 1 heterocycles. The Kier molecular flexibility index (Phi) is 5.19. The van der Waals surface area contributed by atoms with Gasteiger partial charge in [-0.3, -0.25) is 4.79 Å². The van der Waals surface area contributed by atoms with E-state index in [2.05, 4.69) is 4.98 Å². The lowest BCUT2D eigenvalue weighted by atomic mass is 10.2. The number of benzene rings is 1. The molecule has 0 aliphatic heterocycles. The Labute approximate surface area is 131 Å².